The maximum atomic E-state index is 12.4. The number of rotatable bonds is 8. The summed E-state index contributed by atoms with van der Waals surface area (Å²) in [5.74, 6) is -0.246. The maximum Gasteiger partial charge on any atom is 0.240 e. The number of carbonyl (C=O) groups is 1. The van der Waals surface area contributed by atoms with Crippen LogP contribution >= 0.6 is 22.9 Å². The summed E-state index contributed by atoms with van der Waals surface area (Å²) < 4.78 is 26.9. The van der Waals surface area contributed by atoms with Crippen LogP contribution in [0.5, 0.6) is 0 Å². The molecule has 2 N–H and O–H groups in total. The van der Waals surface area contributed by atoms with Gasteiger partial charge in [0.1, 0.15) is 0 Å². The van der Waals surface area contributed by atoms with Crippen LogP contribution < -0.4 is 10.0 Å². The summed E-state index contributed by atoms with van der Waals surface area (Å²) in [5, 5.41) is 5.54. The molecule has 0 saturated carbocycles. The van der Waals surface area contributed by atoms with Gasteiger partial charge in [-0.05, 0) is 41.3 Å². The largest absolute Gasteiger partial charge is 0.344 e. The summed E-state index contributed by atoms with van der Waals surface area (Å²) in [5.41, 5.74) is 0.907. The Morgan fingerprint density at radius 2 is 1.71 bits per heavy atom. The number of nitrogens with one attached hydrogen (secondary N) is 2. The number of benzene rings is 2. The average Bonchev–Trinajstić information content (AvgIpc) is 3.22. The molecule has 1 aromatic heterocycles. The third-order valence-electron chi connectivity index (χ3n) is 4.03. The quantitative estimate of drug-likeness (QED) is 0.563. The first kappa shape index (κ1) is 20.5. The molecule has 0 bridgehead atoms. The fourth-order valence-electron chi connectivity index (χ4n) is 2.64. The Bertz CT molecular complexity index is 1010. The summed E-state index contributed by atoms with van der Waals surface area (Å²) >= 11 is 7.50. The van der Waals surface area contributed by atoms with Gasteiger partial charge in [-0.15, -0.1) is 11.3 Å². The normalized spacial score (nSPS) is 12.5. The lowest BCUT2D eigenvalue weighted by Gasteiger charge is -2.18. The Morgan fingerprint density at radius 1 is 1.00 bits per heavy atom. The molecule has 0 aliphatic carbocycles. The minimum absolute atomic E-state index is 0.0147. The molecule has 5 nitrogen and oxygen atoms in total. The van der Waals surface area contributed by atoms with Crippen LogP contribution in [0.15, 0.2) is 77.0 Å². The predicted octanol–water partition coefficient (Wildman–Crippen LogP) is 3.98. The Hall–Kier alpha value is -2.19. The molecule has 3 aromatic rings. The van der Waals surface area contributed by atoms with Gasteiger partial charge in [0.25, 0.3) is 0 Å². The van der Waals surface area contributed by atoms with Crippen LogP contribution in [0.1, 0.15) is 22.9 Å². The van der Waals surface area contributed by atoms with E-state index >= 15 is 0 Å². The summed E-state index contributed by atoms with van der Waals surface area (Å²) in [6, 6.07) is 18.9. The molecule has 146 valence electrons. The highest BCUT2D eigenvalue weighted by Crippen LogP contribution is 2.27. The molecule has 0 fully saturated rings. The summed E-state index contributed by atoms with van der Waals surface area (Å²) in [7, 11) is -3.63. The lowest BCUT2D eigenvalue weighted by molar-refractivity contribution is -0.121. The van der Waals surface area contributed by atoms with Gasteiger partial charge in [-0.2, -0.15) is 0 Å². The number of halogens is 1. The fourth-order valence-corrected chi connectivity index (χ4v) is 4.63. The van der Waals surface area contributed by atoms with Crippen molar-refractivity contribution >= 4 is 38.9 Å². The second kappa shape index (κ2) is 9.34. The molecule has 0 spiro atoms. The van der Waals surface area contributed by atoms with E-state index in [9.17, 15) is 13.2 Å². The van der Waals surface area contributed by atoms with Gasteiger partial charge in [0, 0.05) is 22.9 Å². The van der Waals surface area contributed by atoms with Gasteiger partial charge >= 0.3 is 0 Å². The van der Waals surface area contributed by atoms with Gasteiger partial charge in [0.15, 0.2) is 0 Å². The average molecular weight is 435 g/mol. The van der Waals surface area contributed by atoms with Crippen molar-refractivity contribution < 1.29 is 13.2 Å². The smallest absolute Gasteiger partial charge is 0.240 e. The molecule has 2 aromatic carbocycles. The molecule has 8 heteroatoms. The van der Waals surface area contributed by atoms with Crippen molar-refractivity contribution in [3.05, 3.63) is 87.6 Å². The number of hydrogen-bond acceptors (Lipinski definition) is 4. The number of carbonyl (C=O) groups excluding carboxylic acids is 1. The second-order valence-electron chi connectivity index (χ2n) is 6.03. The Kier molecular flexibility index (Phi) is 6.85. The topological polar surface area (TPSA) is 75.3 Å². The van der Waals surface area contributed by atoms with E-state index in [1.165, 1.54) is 23.5 Å². The van der Waals surface area contributed by atoms with Gasteiger partial charge in [0.05, 0.1) is 10.9 Å². The first-order chi connectivity index (χ1) is 13.5. The molecular formula is C20H19ClN2O3S2. The van der Waals surface area contributed by atoms with Crippen molar-refractivity contribution in [2.75, 3.05) is 6.54 Å². The second-order valence-corrected chi connectivity index (χ2v) is 9.21. The van der Waals surface area contributed by atoms with Crippen molar-refractivity contribution in [3.63, 3.8) is 0 Å². The summed E-state index contributed by atoms with van der Waals surface area (Å²) in [6.07, 6.45) is 0.0293. The van der Waals surface area contributed by atoms with Crippen LogP contribution in [0, 0.1) is 0 Å². The summed E-state index contributed by atoms with van der Waals surface area (Å²) in [6.45, 7) is 0.0147. The van der Waals surface area contributed by atoms with E-state index in [1.807, 2.05) is 29.6 Å². The zero-order valence-corrected chi connectivity index (χ0v) is 17.2. The van der Waals surface area contributed by atoms with Crippen LogP contribution in [0.3, 0.4) is 0 Å². The minimum Gasteiger partial charge on any atom is -0.344 e. The number of thiophene rings is 1. The molecule has 0 radical (unpaired) electrons. The third-order valence-corrected chi connectivity index (χ3v) is 6.70. The monoisotopic (exact) mass is 434 g/mol. The molecular weight excluding hydrogens is 416 g/mol. The van der Waals surface area contributed by atoms with Crippen molar-refractivity contribution in [2.24, 2.45) is 0 Å². The molecule has 1 heterocycles. The first-order valence-corrected chi connectivity index (χ1v) is 11.3. The Labute approximate surface area is 173 Å². The van der Waals surface area contributed by atoms with E-state index in [1.54, 1.807) is 30.3 Å². The fraction of sp³-hybridized carbons (Fsp3) is 0.150. The van der Waals surface area contributed by atoms with Crippen LogP contribution in [0.25, 0.3) is 0 Å². The highest BCUT2D eigenvalue weighted by atomic mass is 35.5. The molecule has 3 rings (SSSR count). The van der Waals surface area contributed by atoms with Gasteiger partial charge in [-0.1, -0.05) is 48.0 Å². The maximum absolute atomic E-state index is 12.4. The standard InChI is InChI=1S/C20H19ClN2O3S2/c21-16-10-8-15(9-11-16)20(18-7-4-14-27-18)23-19(24)12-13-22-28(25,26)17-5-2-1-3-6-17/h1-11,14,20,22H,12-13H2,(H,23,24). The van der Waals surface area contributed by atoms with E-state index in [-0.39, 0.29) is 29.8 Å². The van der Waals surface area contributed by atoms with E-state index in [0.29, 0.717) is 5.02 Å². The zero-order chi connectivity index (χ0) is 20.0. The van der Waals surface area contributed by atoms with Crippen LogP contribution in [0.4, 0.5) is 0 Å². The summed E-state index contributed by atoms with van der Waals surface area (Å²) in [4.78, 5) is 13.6. The van der Waals surface area contributed by atoms with Gasteiger partial charge in [0.2, 0.25) is 15.9 Å². The van der Waals surface area contributed by atoms with E-state index in [2.05, 4.69) is 10.0 Å². The number of sulfonamides is 1. The van der Waals surface area contributed by atoms with Crippen molar-refractivity contribution in [1.29, 1.82) is 0 Å². The number of amides is 1. The van der Waals surface area contributed by atoms with E-state index in [4.69, 9.17) is 11.6 Å². The predicted molar refractivity (Wildman–Crippen MR) is 112 cm³/mol. The lowest BCUT2D eigenvalue weighted by atomic mass is 10.1. The van der Waals surface area contributed by atoms with E-state index < -0.39 is 10.0 Å². The van der Waals surface area contributed by atoms with Crippen molar-refractivity contribution in [1.82, 2.24) is 10.0 Å². The van der Waals surface area contributed by atoms with Crippen LogP contribution in [0.2, 0.25) is 5.02 Å². The third kappa shape index (κ3) is 5.42. The Morgan fingerprint density at radius 3 is 2.36 bits per heavy atom. The molecule has 0 aliphatic heterocycles. The molecule has 28 heavy (non-hydrogen) atoms. The van der Waals surface area contributed by atoms with Crippen LogP contribution in [-0.4, -0.2) is 20.9 Å². The highest BCUT2D eigenvalue weighted by Gasteiger charge is 2.19. The van der Waals surface area contributed by atoms with Gasteiger partial charge in [-0.3, -0.25) is 4.79 Å². The van der Waals surface area contributed by atoms with Crippen LogP contribution in [-0.2, 0) is 14.8 Å². The van der Waals surface area contributed by atoms with Gasteiger partial charge in [-0.25, -0.2) is 13.1 Å². The zero-order valence-electron chi connectivity index (χ0n) is 14.8. The SMILES string of the molecule is O=C(CCNS(=O)(=O)c1ccccc1)NC(c1ccc(Cl)cc1)c1cccs1. The number of hydrogen-bond donors (Lipinski definition) is 2. The van der Waals surface area contributed by atoms with Crippen molar-refractivity contribution in [2.45, 2.75) is 17.4 Å². The minimum atomic E-state index is -3.63. The molecule has 1 unspecified atom stereocenters. The first-order valence-electron chi connectivity index (χ1n) is 8.59. The van der Waals surface area contributed by atoms with E-state index in [0.717, 1.165) is 10.4 Å². The van der Waals surface area contributed by atoms with Crippen molar-refractivity contribution in [3.8, 4) is 0 Å². The Balaban J connectivity index is 1.62. The molecule has 0 saturated heterocycles. The molecule has 1 amide bonds. The molecule has 1 atom stereocenters. The highest BCUT2D eigenvalue weighted by molar-refractivity contribution is 7.89. The van der Waals surface area contributed by atoms with Gasteiger partial charge < -0.3 is 5.32 Å². The molecule has 0 aliphatic rings. The lowest BCUT2D eigenvalue weighted by Crippen LogP contribution is -2.33.